The van der Waals surface area contributed by atoms with E-state index in [1.807, 2.05) is 0 Å². The fraction of sp³-hybridized carbons (Fsp3) is 0.500. The van der Waals surface area contributed by atoms with Crippen LogP contribution >= 0.6 is 0 Å². The van der Waals surface area contributed by atoms with E-state index in [0.717, 1.165) is 25.5 Å². The molecular formula is C12H14F3NO3S. The molecule has 1 aromatic rings. The predicted octanol–water partition coefficient (Wildman–Crippen LogP) is 2.11. The molecule has 2 rings (SSSR count). The molecule has 0 spiro atoms. The maximum atomic E-state index is 12.6. The van der Waals surface area contributed by atoms with E-state index in [-0.39, 0.29) is 18.4 Å². The third-order valence-corrected chi connectivity index (χ3v) is 4.57. The van der Waals surface area contributed by atoms with Gasteiger partial charge in [-0.1, -0.05) is 12.1 Å². The van der Waals surface area contributed by atoms with Crippen molar-refractivity contribution in [1.82, 2.24) is 5.32 Å². The first kappa shape index (κ1) is 15.1. The maximum Gasteiger partial charge on any atom is 0.502 e. The van der Waals surface area contributed by atoms with Crippen LogP contribution in [-0.2, 0) is 9.84 Å². The average molecular weight is 309 g/mol. The normalized spacial score (nSPS) is 20.1. The minimum atomic E-state index is -5.40. The quantitative estimate of drug-likeness (QED) is 0.925. The highest BCUT2D eigenvalue weighted by molar-refractivity contribution is 7.92. The van der Waals surface area contributed by atoms with Crippen molar-refractivity contribution in [1.29, 1.82) is 0 Å². The molecule has 0 aliphatic carbocycles. The second-order valence-corrected chi connectivity index (χ2v) is 6.41. The highest BCUT2D eigenvalue weighted by Gasteiger charge is 2.48. The van der Waals surface area contributed by atoms with Gasteiger partial charge in [0.2, 0.25) is 0 Å². The minimum Gasteiger partial charge on any atom is -0.491 e. The van der Waals surface area contributed by atoms with Crippen molar-refractivity contribution in [3.8, 4) is 5.75 Å². The Morgan fingerprint density at radius 2 is 2.00 bits per heavy atom. The smallest absolute Gasteiger partial charge is 0.491 e. The molecule has 0 amide bonds. The Hall–Kier alpha value is -1.28. The van der Waals surface area contributed by atoms with Crippen LogP contribution in [0.5, 0.6) is 5.75 Å². The SMILES string of the molecule is O=S(=O)(c1ccccc1OCC1CCCN1)C(F)(F)F. The fourth-order valence-electron chi connectivity index (χ4n) is 2.01. The van der Waals surface area contributed by atoms with Crippen LogP contribution in [0.1, 0.15) is 12.8 Å². The van der Waals surface area contributed by atoms with E-state index in [1.54, 1.807) is 0 Å². The number of nitrogens with one attached hydrogen (secondary N) is 1. The highest BCUT2D eigenvalue weighted by atomic mass is 32.2. The third kappa shape index (κ3) is 3.06. The van der Waals surface area contributed by atoms with Crippen molar-refractivity contribution in [2.24, 2.45) is 0 Å². The summed E-state index contributed by atoms with van der Waals surface area (Å²) in [4.78, 5) is -0.842. The molecule has 0 bridgehead atoms. The van der Waals surface area contributed by atoms with Gasteiger partial charge in [0, 0.05) is 6.04 Å². The van der Waals surface area contributed by atoms with Crippen LogP contribution < -0.4 is 10.1 Å². The lowest BCUT2D eigenvalue weighted by atomic mass is 10.2. The van der Waals surface area contributed by atoms with Crippen molar-refractivity contribution in [3.63, 3.8) is 0 Å². The first-order chi connectivity index (χ1) is 9.32. The van der Waals surface area contributed by atoms with E-state index in [1.165, 1.54) is 18.2 Å². The van der Waals surface area contributed by atoms with E-state index in [2.05, 4.69) is 5.32 Å². The van der Waals surface area contributed by atoms with Crippen molar-refractivity contribution in [2.75, 3.05) is 13.2 Å². The molecule has 0 aromatic heterocycles. The van der Waals surface area contributed by atoms with E-state index in [9.17, 15) is 21.6 Å². The van der Waals surface area contributed by atoms with Crippen LogP contribution in [0.25, 0.3) is 0 Å². The Balaban J connectivity index is 2.22. The molecule has 1 aliphatic rings. The Bertz CT molecular complexity index is 566. The summed E-state index contributed by atoms with van der Waals surface area (Å²) in [5.74, 6) is -0.265. The number of rotatable bonds is 4. The van der Waals surface area contributed by atoms with E-state index < -0.39 is 20.2 Å². The maximum absolute atomic E-state index is 12.6. The van der Waals surface area contributed by atoms with Gasteiger partial charge in [0.1, 0.15) is 17.3 Å². The molecule has 0 radical (unpaired) electrons. The Kier molecular flexibility index (Phi) is 4.24. The summed E-state index contributed by atoms with van der Waals surface area (Å²) in [6, 6.07) is 4.84. The number of para-hydroxylation sites is 1. The molecule has 1 atom stereocenters. The molecule has 1 fully saturated rings. The zero-order valence-corrected chi connectivity index (χ0v) is 11.3. The first-order valence-electron chi connectivity index (χ1n) is 6.09. The summed E-state index contributed by atoms with van der Waals surface area (Å²) in [7, 11) is -5.40. The Labute approximate surface area is 114 Å². The number of hydrogen-bond acceptors (Lipinski definition) is 4. The van der Waals surface area contributed by atoms with Gasteiger partial charge in [-0.2, -0.15) is 13.2 Å². The standard InChI is InChI=1S/C12H14F3NO3S/c13-12(14,15)20(17,18)11-6-2-1-5-10(11)19-8-9-4-3-7-16-9/h1-2,5-6,9,16H,3-4,7-8H2. The molecule has 8 heteroatoms. The summed E-state index contributed by atoms with van der Waals surface area (Å²) in [5.41, 5.74) is -5.34. The second-order valence-electron chi connectivity index (χ2n) is 4.50. The average Bonchev–Trinajstić information content (AvgIpc) is 2.88. The molecule has 4 nitrogen and oxygen atoms in total. The van der Waals surface area contributed by atoms with Crippen LogP contribution in [-0.4, -0.2) is 33.1 Å². The fourth-order valence-corrected chi connectivity index (χ4v) is 2.90. The van der Waals surface area contributed by atoms with Gasteiger partial charge in [-0.15, -0.1) is 0 Å². The number of benzene rings is 1. The van der Waals surface area contributed by atoms with Gasteiger partial charge in [-0.05, 0) is 31.5 Å². The number of ether oxygens (including phenoxy) is 1. The molecule has 112 valence electrons. The number of alkyl halides is 3. The van der Waals surface area contributed by atoms with Crippen molar-refractivity contribution >= 4 is 9.84 Å². The number of sulfone groups is 1. The van der Waals surface area contributed by atoms with E-state index >= 15 is 0 Å². The van der Waals surface area contributed by atoms with Gasteiger partial charge < -0.3 is 10.1 Å². The summed E-state index contributed by atoms with van der Waals surface area (Å²) in [5, 5.41) is 3.12. The molecule has 1 heterocycles. The Morgan fingerprint density at radius 1 is 1.30 bits per heavy atom. The van der Waals surface area contributed by atoms with Crippen molar-refractivity contribution in [3.05, 3.63) is 24.3 Å². The monoisotopic (exact) mass is 309 g/mol. The van der Waals surface area contributed by atoms with Gasteiger partial charge in [0.05, 0.1) is 0 Å². The lowest BCUT2D eigenvalue weighted by molar-refractivity contribution is -0.0437. The van der Waals surface area contributed by atoms with Crippen LogP contribution in [0, 0.1) is 0 Å². The highest BCUT2D eigenvalue weighted by Crippen LogP contribution is 2.35. The summed E-state index contributed by atoms with van der Waals surface area (Å²) >= 11 is 0. The molecule has 0 saturated carbocycles. The zero-order valence-electron chi connectivity index (χ0n) is 10.5. The zero-order chi connectivity index (χ0) is 14.8. The van der Waals surface area contributed by atoms with Crippen LogP contribution in [0.3, 0.4) is 0 Å². The summed E-state index contributed by atoms with van der Waals surface area (Å²) < 4.78 is 65.9. The first-order valence-corrected chi connectivity index (χ1v) is 7.57. The lowest BCUT2D eigenvalue weighted by Gasteiger charge is -2.16. The van der Waals surface area contributed by atoms with Crippen molar-refractivity contribution < 1.29 is 26.3 Å². The predicted molar refractivity (Wildman–Crippen MR) is 66.2 cm³/mol. The van der Waals surface area contributed by atoms with Crippen LogP contribution in [0.4, 0.5) is 13.2 Å². The topological polar surface area (TPSA) is 55.4 Å². The van der Waals surface area contributed by atoms with Gasteiger partial charge in [-0.3, -0.25) is 0 Å². The van der Waals surface area contributed by atoms with E-state index in [4.69, 9.17) is 4.74 Å². The van der Waals surface area contributed by atoms with Crippen LogP contribution in [0.2, 0.25) is 0 Å². The molecule has 1 N–H and O–H groups in total. The van der Waals surface area contributed by atoms with Gasteiger partial charge >= 0.3 is 5.51 Å². The van der Waals surface area contributed by atoms with Crippen molar-refractivity contribution in [2.45, 2.75) is 29.3 Å². The molecular weight excluding hydrogens is 295 g/mol. The largest absolute Gasteiger partial charge is 0.502 e. The van der Waals surface area contributed by atoms with E-state index in [0.29, 0.717) is 0 Å². The lowest BCUT2D eigenvalue weighted by Crippen LogP contribution is -2.29. The van der Waals surface area contributed by atoms with Gasteiger partial charge in [0.25, 0.3) is 9.84 Å². The molecule has 1 saturated heterocycles. The minimum absolute atomic E-state index is 0.0386. The molecule has 1 unspecified atom stereocenters. The number of hydrogen-bond donors (Lipinski definition) is 1. The van der Waals surface area contributed by atoms with Gasteiger partial charge in [0.15, 0.2) is 0 Å². The molecule has 20 heavy (non-hydrogen) atoms. The molecule has 1 aliphatic heterocycles. The Morgan fingerprint density at radius 3 is 2.60 bits per heavy atom. The van der Waals surface area contributed by atoms with Gasteiger partial charge in [-0.25, -0.2) is 8.42 Å². The third-order valence-electron chi connectivity index (χ3n) is 3.05. The molecule has 1 aromatic carbocycles. The second kappa shape index (κ2) is 5.61. The summed E-state index contributed by atoms with van der Waals surface area (Å²) in [6.45, 7) is 0.973. The number of halogens is 3. The van der Waals surface area contributed by atoms with Crippen LogP contribution in [0.15, 0.2) is 29.2 Å². The summed E-state index contributed by atoms with van der Waals surface area (Å²) in [6.07, 6.45) is 1.82.